The van der Waals surface area contributed by atoms with Gasteiger partial charge in [-0.05, 0) is 43.5 Å². The summed E-state index contributed by atoms with van der Waals surface area (Å²) in [7, 11) is 3.16. The van der Waals surface area contributed by atoms with Crippen molar-refractivity contribution in [3.63, 3.8) is 0 Å². The average molecular weight is 533 g/mol. The highest BCUT2D eigenvalue weighted by atomic mass is 32.2. The van der Waals surface area contributed by atoms with E-state index in [9.17, 15) is 19.6 Å². The lowest BCUT2D eigenvalue weighted by Gasteiger charge is -2.13. The number of carbonyl (C=O) groups excluding carboxylic acids is 1. The maximum atomic E-state index is 13.0. The molecule has 0 aliphatic heterocycles. The maximum absolute atomic E-state index is 13.0. The van der Waals surface area contributed by atoms with Crippen LogP contribution in [0.3, 0.4) is 0 Å². The molecule has 194 valence electrons. The number of nitrogens with zero attached hydrogens (tertiary/aromatic N) is 4. The number of methoxy groups -OCH3 is 1. The summed E-state index contributed by atoms with van der Waals surface area (Å²) in [6.45, 7) is 1.35. The fraction of sp³-hybridized carbons (Fsp3) is 0.192. The lowest BCUT2D eigenvalue weighted by Crippen LogP contribution is -2.25. The van der Waals surface area contributed by atoms with Crippen LogP contribution in [0.15, 0.2) is 63.3 Å². The molecule has 2 aromatic heterocycles. The van der Waals surface area contributed by atoms with E-state index in [4.69, 9.17) is 9.47 Å². The summed E-state index contributed by atoms with van der Waals surface area (Å²) in [5.41, 5.74) is 1.05. The first kappa shape index (κ1) is 26.3. The van der Waals surface area contributed by atoms with Crippen LogP contribution in [0, 0.1) is 18.3 Å². The third-order valence-corrected chi connectivity index (χ3v) is 6.40. The number of anilines is 1. The highest BCUT2D eigenvalue weighted by Crippen LogP contribution is 2.33. The number of carbonyl (C=O) groups is 1. The Balaban J connectivity index is 1.54. The summed E-state index contributed by atoms with van der Waals surface area (Å²) < 4.78 is 14.2. The van der Waals surface area contributed by atoms with E-state index in [0.717, 1.165) is 0 Å². The molecule has 2 heterocycles. The lowest BCUT2D eigenvalue weighted by molar-refractivity contribution is -0.118. The number of para-hydroxylation sites is 1. The number of nitrogens with one attached hydrogen (secondary N) is 2. The van der Waals surface area contributed by atoms with Gasteiger partial charge in [0, 0.05) is 12.6 Å². The van der Waals surface area contributed by atoms with Gasteiger partial charge in [0.05, 0.1) is 24.2 Å². The van der Waals surface area contributed by atoms with E-state index in [2.05, 4.69) is 15.3 Å². The lowest BCUT2D eigenvalue weighted by atomic mass is 10.1. The Morgan fingerprint density at radius 1 is 1.18 bits per heavy atom. The molecule has 1 amide bonds. The van der Waals surface area contributed by atoms with Crippen LogP contribution in [0.25, 0.3) is 16.9 Å². The van der Waals surface area contributed by atoms with Crippen LogP contribution < -0.4 is 25.9 Å². The van der Waals surface area contributed by atoms with E-state index in [-0.39, 0.29) is 34.0 Å². The Kier molecular flexibility index (Phi) is 7.68. The second-order valence-electron chi connectivity index (χ2n) is 8.05. The molecule has 4 rings (SSSR count). The Morgan fingerprint density at radius 2 is 1.92 bits per heavy atom. The average Bonchev–Trinajstić information content (AvgIpc) is 3.14. The Hall–Kier alpha value is -4.76. The van der Waals surface area contributed by atoms with Crippen LogP contribution >= 0.6 is 11.8 Å². The van der Waals surface area contributed by atoms with Crippen LogP contribution in [0.2, 0.25) is 0 Å². The second kappa shape index (κ2) is 11.1. The first-order valence-electron chi connectivity index (χ1n) is 11.3. The fourth-order valence-corrected chi connectivity index (χ4v) is 4.20. The van der Waals surface area contributed by atoms with Gasteiger partial charge in [-0.1, -0.05) is 30.0 Å². The molecule has 2 aromatic carbocycles. The first-order chi connectivity index (χ1) is 18.3. The Morgan fingerprint density at radius 3 is 2.58 bits per heavy atom. The third-order valence-electron chi connectivity index (χ3n) is 5.82. The number of aromatic amines is 1. The summed E-state index contributed by atoms with van der Waals surface area (Å²) in [6.07, 6.45) is 1.75. The molecule has 0 saturated heterocycles. The SMILES string of the molecule is COc1cc(-c2nc(SC)[nH]c(=O)c2C#N)ccc1OCC(=O)Nc1c(C)n(C)n(-c2ccccc2)c1=O. The molecule has 12 heteroatoms. The molecule has 0 aliphatic rings. The number of hydrogen-bond acceptors (Lipinski definition) is 8. The minimum atomic E-state index is -0.541. The van der Waals surface area contributed by atoms with Crippen LogP contribution in [0.4, 0.5) is 5.69 Å². The zero-order valence-corrected chi connectivity index (χ0v) is 21.9. The van der Waals surface area contributed by atoms with Crippen molar-refractivity contribution < 1.29 is 14.3 Å². The molecule has 0 unspecified atom stereocenters. The molecule has 0 saturated carbocycles. The molecule has 38 heavy (non-hydrogen) atoms. The number of ether oxygens (including phenoxy) is 2. The smallest absolute Gasteiger partial charge is 0.295 e. The van der Waals surface area contributed by atoms with E-state index in [1.165, 1.54) is 23.6 Å². The van der Waals surface area contributed by atoms with Crippen LogP contribution in [-0.4, -0.2) is 45.2 Å². The fourth-order valence-electron chi connectivity index (χ4n) is 3.83. The number of nitriles is 1. The number of rotatable bonds is 8. The van der Waals surface area contributed by atoms with Crippen molar-refractivity contribution >= 4 is 23.4 Å². The minimum Gasteiger partial charge on any atom is -0.493 e. The zero-order valence-electron chi connectivity index (χ0n) is 21.1. The Bertz CT molecular complexity index is 1670. The van der Waals surface area contributed by atoms with Gasteiger partial charge >= 0.3 is 0 Å². The quantitative estimate of drug-likeness (QED) is 0.260. The molecule has 0 spiro atoms. The number of thioether (sulfide) groups is 1. The molecule has 0 atom stereocenters. The van der Waals surface area contributed by atoms with Crippen molar-refractivity contribution in [3.8, 4) is 34.5 Å². The van der Waals surface area contributed by atoms with E-state index in [0.29, 0.717) is 22.1 Å². The summed E-state index contributed by atoms with van der Waals surface area (Å²) >= 11 is 1.24. The van der Waals surface area contributed by atoms with Crippen LogP contribution in [0.1, 0.15) is 11.3 Å². The van der Waals surface area contributed by atoms with Crippen molar-refractivity contribution in [2.75, 3.05) is 25.3 Å². The summed E-state index contributed by atoms with van der Waals surface area (Å²) in [5.74, 6) is -0.00426. The number of benzene rings is 2. The third kappa shape index (κ3) is 5.05. The summed E-state index contributed by atoms with van der Waals surface area (Å²) in [6, 6.07) is 15.7. The van der Waals surface area contributed by atoms with Crippen molar-refractivity contribution in [2.45, 2.75) is 12.1 Å². The van der Waals surface area contributed by atoms with Crippen molar-refractivity contribution in [1.82, 2.24) is 19.3 Å². The second-order valence-corrected chi connectivity index (χ2v) is 8.84. The van der Waals surface area contributed by atoms with E-state index < -0.39 is 18.1 Å². The van der Waals surface area contributed by atoms with E-state index >= 15 is 0 Å². The molecule has 0 fully saturated rings. The van der Waals surface area contributed by atoms with Gasteiger partial charge in [-0.15, -0.1) is 0 Å². The number of amides is 1. The van der Waals surface area contributed by atoms with Crippen molar-refractivity contribution in [3.05, 3.63) is 80.5 Å². The number of H-pyrrole nitrogens is 1. The number of aromatic nitrogens is 4. The van der Waals surface area contributed by atoms with Crippen LogP contribution in [-0.2, 0) is 11.8 Å². The molecule has 4 aromatic rings. The molecule has 2 N–H and O–H groups in total. The molecule has 11 nitrogen and oxygen atoms in total. The monoisotopic (exact) mass is 532 g/mol. The van der Waals surface area contributed by atoms with Gasteiger partial charge in [-0.3, -0.25) is 19.1 Å². The predicted octanol–water partition coefficient (Wildman–Crippen LogP) is 2.85. The number of hydrogen-bond donors (Lipinski definition) is 2. The minimum absolute atomic E-state index is 0.128. The van der Waals surface area contributed by atoms with Gasteiger partial charge in [-0.25, -0.2) is 9.67 Å². The molecule has 0 radical (unpaired) electrons. The topological polar surface area (TPSA) is 144 Å². The van der Waals surface area contributed by atoms with Crippen LogP contribution in [0.5, 0.6) is 11.5 Å². The van der Waals surface area contributed by atoms with Gasteiger partial charge in [-0.2, -0.15) is 5.26 Å². The highest BCUT2D eigenvalue weighted by Gasteiger charge is 2.20. The van der Waals surface area contributed by atoms with Gasteiger partial charge in [0.2, 0.25) is 0 Å². The van der Waals surface area contributed by atoms with Gasteiger partial charge in [0.1, 0.15) is 17.3 Å². The summed E-state index contributed by atoms with van der Waals surface area (Å²) in [5, 5.41) is 12.5. The first-order valence-corrected chi connectivity index (χ1v) is 12.5. The zero-order chi connectivity index (χ0) is 27.4. The normalized spacial score (nSPS) is 10.6. The predicted molar refractivity (Wildman–Crippen MR) is 143 cm³/mol. The maximum Gasteiger partial charge on any atom is 0.295 e. The molecular weight excluding hydrogens is 508 g/mol. The van der Waals surface area contributed by atoms with Gasteiger partial charge < -0.3 is 19.8 Å². The Labute approximate surface area is 221 Å². The molecular formula is C26H24N6O5S. The van der Waals surface area contributed by atoms with E-state index in [1.807, 2.05) is 24.3 Å². The van der Waals surface area contributed by atoms with Gasteiger partial charge in [0.25, 0.3) is 17.0 Å². The highest BCUT2D eigenvalue weighted by molar-refractivity contribution is 7.98. The van der Waals surface area contributed by atoms with Crippen molar-refractivity contribution in [1.29, 1.82) is 5.26 Å². The molecule has 0 bridgehead atoms. The van der Waals surface area contributed by atoms with Gasteiger partial charge in [0.15, 0.2) is 23.3 Å². The summed E-state index contributed by atoms with van der Waals surface area (Å²) in [4.78, 5) is 44.9. The largest absolute Gasteiger partial charge is 0.493 e. The van der Waals surface area contributed by atoms with E-state index in [1.54, 1.807) is 55.2 Å². The molecule has 0 aliphatic carbocycles. The standard InChI is InChI=1S/C26H24N6O5S/c1-15-22(25(35)32(31(15)2)17-8-6-5-7-9-17)28-21(33)14-37-19-11-10-16(12-20(19)36-3)23-18(13-27)24(34)30-26(29-23)38-4/h5-12H,14H2,1-4H3,(H,28,33)(H,29,30,34). The van der Waals surface area contributed by atoms with Crippen molar-refractivity contribution in [2.24, 2.45) is 7.05 Å².